The van der Waals surface area contributed by atoms with Crippen molar-refractivity contribution in [2.75, 3.05) is 0 Å². The summed E-state index contributed by atoms with van der Waals surface area (Å²) in [6.45, 7) is 2.09. The highest BCUT2D eigenvalue weighted by molar-refractivity contribution is 6.35. The lowest BCUT2D eigenvalue weighted by molar-refractivity contribution is -0.139. The summed E-state index contributed by atoms with van der Waals surface area (Å²) in [7, 11) is 0. The summed E-state index contributed by atoms with van der Waals surface area (Å²) in [5.74, 6) is -1.70. The molecular weight excluding hydrogens is 394 g/mol. The van der Waals surface area contributed by atoms with Crippen LogP contribution in [-0.4, -0.2) is 24.0 Å². The number of ether oxygens (including phenoxy) is 1. The lowest BCUT2D eigenvalue weighted by atomic mass is 10.1. The molecule has 3 rings (SSSR count). The summed E-state index contributed by atoms with van der Waals surface area (Å²) >= 11 is 0. The van der Waals surface area contributed by atoms with Crippen LogP contribution in [0.2, 0.25) is 0 Å². The van der Waals surface area contributed by atoms with E-state index in [1.54, 1.807) is 36.4 Å². The van der Waals surface area contributed by atoms with Gasteiger partial charge in [0.15, 0.2) is 0 Å². The van der Waals surface area contributed by atoms with Gasteiger partial charge in [-0.3, -0.25) is 9.59 Å². The first kappa shape index (κ1) is 21.4. The van der Waals surface area contributed by atoms with Crippen molar-refractivity contribution in [2.45, 2.75) is 13.5 Å². The largest absolute Gasteiger partial charge is 0.423 e. The molecule has 0 radical (unpaired) electrons. The maximum Gasteiger partial charge on any atom is 0.343 e. The number of nitrogens with zero attached hydrogens (tertiary/aromatic N) is 1. The van der Waals surface area contributed by atoms with Crippen LogP contribution in [0.15, 0.2) is 84.0 Å². The summed E-state index contributed by atoms with van der Waals surface area (Å²) in [5, 5.41) is 6.29. The van der Waals surface area contributed by atoms with Crippen LogP contribution in [0.3, 0.4) is 0 Å². The molecule has 0 aromatic heterocycles. The Balaban J connectivity index is 1.47. The molecule has 7 heteroatoms. The van der Waals surface area contributed by atoms with Gasteiger partial charge in [-0.25, -0.2) is 10.2 Å². The van der Waals surface area contributed by atoms with E-state index in [0.29, 0.717) is 16.9 Å². The van der Waals surface area contributed by atoms with E-state index in [9.17, 15) is 14.4 Å². The molecule has 0 atom stereocenters. The molecule has 0 aliphatic rings. The Kier molecular flexibility index (Phi) is 7.26. The standard InChI is InChI=1S/C24H21N3O4/c1-17-7-5-6-10-21(17)24(30)31-20-13-11-19(12-14-20)16-26-27-23(29)22(28)25-15-18-8-3-2-4-9-18/h2-14,16H,15H2,1H3,(H,25,28)(H,27,29). The molecule has 0 fully saturated rings. The van der Waals surface area contributed by atoms with E-state index in [1.165, 1.54) is 6.21 Å². The first-order valence-electron chi connectivity index (χ1n) is 9.56. The van der Waals surface area contributed by atoms with Crippen LogP contribution in [0.25, 0.3) is 0 Å². The number of nitrogens with one attached hydrogen (secondary N) is 2. The van der Waals surface area contributed by atoms with Crippen molar-refractivity contribution >= 4 is 24.0 Å². The topological polar surface area (TPSA) is 96.9 Å². The number of esters is 1. The minimum atomic E-state index is -0.865. The van der Waals surface area contributed by atoms with E-state index in [2.05, 4.69) is 15.8 Å². The van der Waals surface area contributed by atoms with Crippen LogP contribution in [0.5, 0.6) is 5.75 Å². The van der Waals surface area contributed by atoms with E-state index in [1.807, 2.05) is 49.4 Å². The predicted molar refractivity (Wildman–Crippen MR) is 117 cm³/mol. The second-order valence-electron chi connectivity index (χ2n) is 6.64. The van der Waals surface area contributed by atoms with Crippen molar-refractivity contribution in [3.63, 3.8) is 0 Å². The fraction of sp³-hybridized carbons (Fsp3) is 0.0833. The van der Waals surface area contributed by atoms with Gasteiger partial charge in [-0.15, -0.1) is 0 Å². The van der Waals surface area contributed by atoms with Crippen molar-refractivity contribution in [3.8, 4) is 5.75 Å². The SMILES string of the molecule is Cc1ccccc1C(=O)Oc1ccc(C=NNC(=O)C(=O)NCc2ccccc2)cc1. The van der Waals surface area contributed by atoms with Gasteiger partial charge >= 0.3 is 17.8 Å². The molecule has 0 unspecified atom stereocenters. The van der Waals surface area contributed by atoms with Gasteiger partial charge in [-0.2, -0.15) is 5.10 Å². The first-order valence-corrected chi connectivity index (χ1v) is 9.56. The molecular formula is C24H21N3O4. The molecule has 0 aliphatic carbocycles. The molecule has 3 aromatic carbocycles. The van der Waals surface area contributed by atoms with Crippen molar-refractivity contribution in [3.05, 3.63) is 101 Å². The van der Waals surface area contributed by atoms with E-state index in [-0.39, 0.29) is 6.54 Å². The highest BCUT2D eigenvalue weighted by Gasteiger charge is 2.12. The van der Waals surface area contributed by atoms with E-state index in [4.69, 9.17) is 4.74 Å². The number of benzene rings is 3. The lowest BCUT2D eigenvalue weighted by Gasteiger charge is -2.06. The predicted octanol–water partition coefficient (Wildman–Crippen LogP) is 2.98. The quantitative estimate of drug-likeness (QED) is 0.213. The van der Waals surface area contributed by atoms with E-state index < -0.39 is 17.8 Å². The Labute approximate surface area is 179 Å². The van der Waals surface area contributed by atoms with E-state index in [0.717, 1.165) is 11.1 Å². The summed E-state index contributed by atoms with van der Waals surface area (Å²) in [6.07, 6.45) is 1.38. The summed E-state index contributed by atoms with van der Waals surface area (Å²) in [6, 6.07) is 23.0. The van der Waals surface area contributed by atoms with Gasteiger partial charge in [0.2, 0.25) is 0 Å². The Bertz CT molecular complexity index is 1090. The third-order valence-electron chi connectivity index (χ3n) is 4.34. The number of carbonyl (C=O) groups is 3. The number of amides is 2. The van der Waals surface area contributed by atoms with E-state index >= 15 is 0 Å². The van der Waals surface area contributed by atoms with Crippen LogP contribution in [0.1, 0.15) is 27.0 Å². The summed E-state index contributed by atoms with van der Waals surface area (Å²) in [4.78, 5) is 35.8. The molecule has 156 valence electrons. The molecule has 0 spiro atoms. The number of hydrazone groups is 1. The number of rotatable bonds is 6. The third kappa shape index (κ3) is 6.37. The first-order chi connectivity index (χ1) is 15.0. The Morgan fingerprint density at radius 3 is 2.26 bits per heavy atom. The molecule has 0 bridgehead atoms. The maximum atomic E-state index is 12.2. The van der Waals surface area contributed by atoms with Crippen molar-refractivity contribution in [2.24, 2.45) is 5.10 Å². The number of aryl methyl sites for hydroxylation is 1. The summed E-state index contributed by atoms with van der Waals surface area (Å²) < 4.78 is 5.37. The normalized spacial score (nSPS) is 10.5. The Morgan fingerprint density at radius 1 is 0.871 bits per heavy atom. The zero-order chi connectivity index (χ0) is 22.1. The van der Waals surface area contributed by atoms with Crippen LogP contribution in [-0.2, 0) is 16.1 Å². The average Bonchev–Trinajstić information content (AvgIpc) is 2.79. The molecule has 3 aromatic rings. The molecule has 0 saturated heterocycles. The van der Waals surface area contributed by atoms with Gasteiger partial charge in [0.05, 0.1) is 11.8 Å². The monoisotopic (exact) mass is 415 g/mol. The third-order valence-corrected chi connectivity index (χ3v) is 4.34. The fourth-order valence-corrected chi connectivity index (χ4v) is 2.66. The highest BCUT2D eigenvalue weighted by atomic mass is 16.5. The van der Waals surface area contributed by atoms with Gasteiger partial charge in [-0.1, -0.05) is 48.5 Å². The maximum absolute atomic E-state index is 12.2. The average molecular weight is 415 g/mol. The van der Waals surface area contributed by atoms with Crippen molar-refractivity contribution in [1.29, 1.82) is 0 Å². The van der Waals surface area contributed by atoms with Crippen LogP contribution < -0.4 is 15.5 Å². The zero-order valence-corrected chi connectivity index (χ0v) is 16.9. The van der Waals surface area contributed by atoms with Crippen molar-refractivity contribution < 1.29 is 19.1 Å². The molecule has 7 nitrogen and oxygen atoms in total. The number of hydrogen-bond acceptors (Lipinski definition) is 5. The molecule has 2 N–H and O–H groups in total. The summed E-state index contributed by atoms with van der Waals surface area (Å²) in [5.41, 5.74) is 5.05. The minimum absolute atomic E-state index is 0.249. The van der Waals surface area contributed by atoms with Crippen molar-refractivity contribution in [1.82, 2.24) is 10.7 Å². The van der Waals surface area contributed by atoms with Gasteiger partial charge in [0.1, 0.15) is 5.75 Å². The van der Waals surface area contributed by atoms with Crippen LogP contribution in [0, 0.1) is 6.92 Å². The van der Waals surface area contributed by atoms with Crippen LogP contribution >= 0.6 is 0 Å². The number of hydrogen-bond donors (Lipinski definition) is 2. The van der Waals surface area contributed by atoms with Gasteiger partial charge < -0.3 is 10.1 Å². The number of carbonyl (C=O) groups excluding carboxylic acids is 3. The Morgan fingerprint density at radius 2 is 1.55 bits per heavy atom. The zero-order valence-electron chi connectivity index (χ0n) is 16.9. The second-order valence-corrected chi connectivity index (χ2v) is 6.64. The molecule has 2 amide bonds. The molecule has 0 saturated carbocycles. The van der Waals surface area contributed by atoms with Gasteiger partial charge in [0.25, 0.3) is 0 Å². The molecule has 0 aliphatic heterocycles. The smallest absolute Gasteiger partial charge is 0.343 e. The molecule has 31 heavy (non-hydrogen) atoms. The fourth-order valence-electron chi connectivity index (χ4n) is 2.66. The van der Waals surface area contributed by atoms with Crippen LogP contribution in [0.4, 0.5) is 0 Å². The van der Waals surface area contributed by atoms with Gasteiger partial charge in [0, 0.05) is 6.54 Å². The molecule has 0 heterocycles. The van der Waals surface area contributed by atoms with Gasteiger partial charge in [-0.05, 0) is 53.9 Å². The second kappa shape index (κ2) is 10.5. The highest BCUT2D eigenvalue weighted by Crippen LogP contribution is 2.15. The Hall–Kier alpha value is -4.26. The lowest BCUT2D eigenvalue weighted by Crippen LogP contribution is -2.37. The minimum Gasteiger partial charge on any atom is -0.423 e.